The Labute approximate surface area is 133 Å². The molecule has 0 spiro atoms. The molecule has 1 aliphatic heterocycles. The van der Waals surface area contributed by atoms with E-state index in [1.54, 1.807) is 19.1 Å². The van der Waals surface area contributed by atoms with Crippen LogP contribution in [0.2, 0.25) is 0 Å². The van der Waals surface area contributed by atoms with Crippen LogP contribution in [0.5, 0.6) is 5.75 Å². The van der Waals surface area contributed by atoms with Gasteiger partial charge in [-0.3, -0.25) is 9.78 Å². The van der Waals surface area contributed by atoms with Gasteiger partial charge in [-0.15, -0.1) is 0 Å². The van der Waals surface area contributed by atoms with E-state index in [9.17, 15) is 9.18 Å². The van der Waals surface area contributed by atoms with Crippen LogP contribution in [0, 0.1) is 12.7 Å². The third-order valence-electron chi connectivity index (χ3n) is 3.52. The molecule has 0 atom stereocenters. The van der Waals surface area contributed by atoms with E-state index in [1.807, 2.05) is 6.92 Å². The normalized spacial score (nSPS) is 15.8. The molecule has 0 unspecified atom stereocenters. The average molecular weight is 316 g/mol. The zero-order valence-corrected chi connectivity index (χ0v) is 13.0. The lowest BCUT2D eigenvalue weighted by Gasteiger charge is -2.38. The first-order chi connectivity index (χ1) is 10.9. The first kappa shape index (κ1) is 15.6. The molecule has 0 saturated carbocycles. The predicted octanol–water partition coefficient (Wildman–Crippen LogP) is 2.52. The predicted molar refractivity (Wildman–Crippen MR) is 81.1 cm³/mol. The molecule has 6 heteroatoms. The molecule has 5 nitrogen and oxygen atoms in total. The lowest BCUT2D eigenvalue weighted by atomic mass is 10.1. The maximum Gasteiger partial charge on any atom is 0.187 e. The van der Waals surface area contributed by atoms with Gasteiger partial charge in [-0.05, 0) is 26.0 Å². The summed E-state index contributed by atoms with van der Waals surface area (Å²) >= 11 is 0. The molecule has 1 fully saturated rings. The molecule has 2 aromatic rings. The van der Waals surface area contributed by atoms with E-state index in [-0.39, 0.29) is 17.8 Å². The molecule has 120 valence electrons. The number of carbonyl (C=O) groups is 1. The Morgan fingerprint density at radius 1 is 1.39 bits per heavy atom. The van der Waals surface area contributed by atoms with Gasteiger partial charge in [0.05, 0.1) is 25.8 Å². The first-order valence-electron chi connectivity index (χ1n) is 7.33. The number of pyridine rings is 2. The van der Waals surface area contributed by atoms with Gasteiger partial charge in [-0.2, -0.15) is 0 Å². The highest BCUT2D eigenvalue weighted by Crippen LogP contribution is 2.26. The van der Waals surface area contributed by atoms with Gasteiger partial charge >= 0.3 is 0 Å². The maximum atomic E-state index is 12.9. The summed E-state index contributed by atoms with van der Waals surface area (Å²) in [4.78, 5) is 20.5. The molecule has 0 aliphatic carbocycles. The van der Waals surface area contributed by atoms with Crippen molar-refractivity contribution in [2.45, 2.75) is 25.9 Å². The van der Waals surface area contributed by atoms with Gasteiger partial charge < -0.3 is 9.47 Å². The minimum absolute atomic E-state index is 0.0660. The van der Waals surface area contributed by atoms with E-state index in [0.29, 0.717) is 36.0 Å². The Hall–Kier alpha value is -2.34. The summed E-state index contributed by atoms with van der Waals surface area (Å²) in [6, 6.07) is 6.19. The number of nitrogens with zero attached hydrogens (tertiary/aromatic N) is 2. The minimum Gasteiger partial charge on any atom is -0.483 e. The lowest BCUT2D eigenvalue weighted by Crippen LogP contribution is -2.51. The molecule has 2 aromatic heterocycles. The molecule has 0 bridgehead atoms. The fraction of sp³-hybridized carbons (Fsp3) is 0.353. The Kier molecular flexibility index (Phi) is 4.09. The van der Waals surface area contributed by atoms with Crippen molar-refractivity contribution in [3.05, 3.63) is 53.4 Å². The molecule has 0 radical (unpaired) electrons. The molecule has 0 amide bonds. The lowest BCUT2D eigenvalue weighted by molar-refractivity contribution is -0.149. The average Bonchev–Trinajstić information content (AvgIpc) is 2.47. The van der Waals surface area contributed by atoms with Crippen LogP contribution in [-0.2, 0) is 11.2 Å². The van der Waals surface area contributed by atoms with Crippen molar-refractivity contribution in [1.29, 1.82) is 0 Å². The summed E-state index contributed by atoms with van der Waals surface area (Å²) in [5.74, 6) is -0.0205. The number of hydrogen-bond donors (Lipinski definition) is 0. The monoisotopic (exact) mass is 316 g/mol. The fourth-order valence-electron chi connectivity index (χ4n) is 2.34. The van der Waals surface area contributed by atoms with Gasteiger partial charge in [0.15, 0.2) is 11.4 Å². The molecule has 3 rings (SSSR count). The summed E-state index contributed by atoms with van der Waals surface area (Å²) in [5, 5.41) is 0. The largest absolute Gasteiger partial charge is 0.483 e. The maximum absolute atomic E-state index is 12.9. The third-order valence-corrected chi connectivity index (χ3v) is 3.52. The van der Waals surface area contributed by atoms with Crippen LogP contribution in [0.15, 0.2) is 30.5 Å². The van der Waals surface area contributed by atoms with Crippen molar-refractivity contribution in [1.82, 2.24) is 9.97 Å². The van der Waals surface area contributed by atoms with E-state index in [1.165, 1.54) is 12.1 Å². The van der Waals surface area contributed by atoms with Crippen LogP contribution in [0.25, 0.3) is 0 Å². The quantitative estimate of drug-likeness (QED) is 0.793. The van der Waals surface area contributed by atoms with Crippen LogP contribution in [0.1, 0.15) is 28.8 Å². The van der Waals surface area contributed by atoms with E-state index in [2.05, 4.69) is 9.97 Å². The molecule has 1 saturated heterocycles. The zero-order valence-electron chi connectivity index (χ0n) is 13.0. The number of rotatable bonds is 5. The molecule has 1 aliphatic rings. The van der Waals surface area contributed by atoms with Crippen molar-refractivity contribution < 1.29 is 18.7 Å². The van der Waals surface area contributed by atoms with E-state index in [4.69, 9.17) is 9.47 Å². The number of aryl methyl sites for hydroxylation is 1. The van der Waals surface area contributed by atoms with Gasteiger partial charge in [-0.25, -0.2) is 9.37 Å². The second-order valence-electron chi connectivity index (χ2n) is 5.94. The van der Waals surface area contributed by atoms with Crippen molar-refractivity contribution in [3.8, 4) is 5.75 Å². The number of aromatic nitrogens is 2. The first-order valence-corrected chi connectivity index (χ1v) is 7.33. The summed E-state index contributed by atoms with van der Waals surface area (Å²) in [6.45, 7) is 4.81. The summed E-state index contributed by atoms with van der Waals surface area (Å²) in [7, 11) is 0. The van der Waals surface area contributed by atoms with E-state index in [0.717, 1.165) is 6.20 Å². The highest BCUT2D eigenvalue weighted by molar-refractivity contribution is 5.95. The second kappa shape index (κ2) is 6.04. The van der Waals surface area contributed by atoms with E-state index >= 15 is 0 Å². The standard InChI is InChI=1S/C17H17FN2O3/c1-11-5-14(23-17(2)9-22-10-17)7-15(20-11)16(21)6-13-4-3-12(18)8-19-13/h3-5,7-8H,6,9-10H2,1-2H3. The van der Waals surface area contributed by atoms with Gasteiger partial charge in [0.1, 0.15) is 17.3 Å². The third kappa shape index (κ3) is 3.71. The number of Topliss-reactive ketones (excluding diaryl/α,β-unsaturated/α-hetero) is 1. The SMILES string of the molecule is Cc1cc(OC2(C)COC2)cc(C(=O)Cc2ccc(F)cn2)n1. The molecule has 0 N–H and O–H groups in total. The number of hydrogen-bond acceptors (Lipinski definition) is 5. The van der Waals surface area contributed by atoms with Crippen LogP contribution < -0.4 is 4.74 Å². The molecular formula is C17H17FN2O3. The van der Waals surface area contributed by atoms with Crippen LogP contribution in [0.3, 0.4) is 0 Å². The Morgan fingerprint density at radius 3 is 2.78 bits per heavy atom. The number of ketones is 1. The fourth-order valence-corrected chi connectivity index (χ4v) is 2.34. The van der Waals surface area contributed by atoms with Crippen molar-refractivity contribution in [3.63, 3.8) is 0 Å². The smallest absolute Gasteiger partial charge is 0.187 e. The topological polar surface area (TPSA) is 61.3 Å². The number of ether oxygens (including phenoxy) is 2. The van der Waals surface area contributed by atoms with Gasteiger partial charge in [0.25, 0.3) is 0 Å². The molecule has 3 heterocycles. The highest BCUT2D eigenvalue weighted by atomic mass is 19.1. The van der Waals surface area contributed by atoms with Crippen LogP contribution >= 0.6 is 0 Å². The van der Waals surface area contributed by atoms with Crippen molar-refractivity contribution >= 4 is 5.78 Å². The number of halogens is 1. The van der Waals surface area contributed by atoms with Crippen LogP contribution in [-0.4, -0.2) is 34.6 Å². The molecule has 23 heavy (non-hydrogen) atoms. The highest BCUT2D eigenvalue weighted by Gasteiger charge is 2.36. The minimum atomic E-state index is -0.429. The summed E-state index contributed by atoms with van der Waals surface area (Å²) in [6.07, 6.45) is 1.16. The molecule has 0 aromatic carbocycles. The van der Waals surface area contributed by atoms with Crippen molar-refractivity contribution in [2.75, 3.05) is 13.2 Å². The Balaban J connectivity index is 1.77. The Morgan fingerprint density at radius 2 is 2.17 bits per heavy atom. The zero-order chi connectivity index (χ0) is 16.4. The van der Waals surface area contributed by atoms with Gasteiger partial charge in [0, 0.05) is 23.5 Å². The Bertz CT molecular complexity index is 727. The van der Waals surface area contributed by atoms with Gasteiger partial charge in [-0.1, -0.05) is 0 Å². The second-order valence-corrected chi connectivity index (χ2v) is 5.94. The van der Waals surface area contributed by atoms with Crippen LogP contribution in [0.4, 0.5) is 4.39 Å². The molecular weight excluding hydrogens is 299 g/mol. The van der Waals surface area contributed by atoms with E-state index < -0.39 is 5.82 Å². The van der Waals surface area contributed by atoms with Gasteiger partial charge in [0.2, 0.25) is 0 Å². The summed E-state index contributed by atoms with van der Waals surface area (Å²) in [5.41, 5.74) is 1.16. The number of carbonyl (C=O) groups excluding carboxylic acids is 1. The van der Waals surface area contributed by atoms with Crippen molar-refractivity contribution in [2.24, 2.45) is 0 Å². The summed E-state index contributed by atoms with van der Waals surface area (Å²) < 4.78 is 23.9.